The number of amides is 1. The molecule has 7 nitrogen and oxygen atoms in total. The molecule has 0 unspecified atom stereocenters. The lowest BCUT2D eigenvalue weighted by Crippen LogP contribution is -3.13. The summed E-state index contributed by atoms with van der Waals surface area (Å²) in [5, 5.41) is 0.818. The van der Waals surface area contributed by atoms with Crippen LogP contribution in [0.4, 0.5) is 0 Å². The fourth-order valence-electron chi connectivity index (χ4n) is 4.56. The predicted molar refractivity (Wildman–Crippen MR) is 102 cm³/mol. The molecule has 2 aromatic rings. The highest BCUT2D eigenvalue weighted by Crippen LogP contribution is 2.34. The molecular weight excluding hydrogens is 364 g/mol. The van der Waals surface area contributed by atoms with Crippen LogP contribution in [0.3, 0.4) is 0 Å². The van der Waals surface area contributed by atoms with Crippen LogP contribution in [0, 0.1) is 0 Å². The maximum atomic E-state index is 12.6. The van der Waals surface area contributed by atoms with E-state index in [2.05, 4.69) is 4.98 Å². The van der Waals surface area contributed by atoms with Gasteiger partial charge in [0.05, 0.1) is 31.6 Å². The number of thiophene rings is 1. The van der Waals surface area contributed by atoms with Crippen molar-refractivity contribution in [2.45, 2.75) is 44.8 Å². The molecule has 5 rings (SSSR count). The van der Waals surface area contributed by atoms with Gasteiger partial charge in [-0.25, -0.2) is 4.98 Å². The van der Waals surface area contributed by atoms with E-state index in [0.29, 0.717) is 13.2 Å². The van der Waals surface area contributed by atoms with Gasteiger partial charge in [-0.1, -0.05) is 0 Å². The van der Waals surface area contributed by atoms with Crippen LogP contribution in [0.1, 0.15) is 35.5 Å². The SMILES string of the molecule is O=C([C@H]1CCCO1)N1CC[NH+](Cc2nc3sc4c(c3c(=O)[nH]2)CCC4)CC1. The zero-order valence-corrected chi connectivity index (χ0v) is 16.2. The predicted octanol–water partition coefficient (Wildman–Crippen LogP) is -0.121. The van der Waals surface area contributed by atoms with Gasteiger partial charge in [0.25, 0.3) is 11.5 Å². The topological polar surface area (TPSA) is 79.7 Å². The average Bonchev–Trinajstić information content (AvgIpc) is 3.38. The highest BCUT2D eigenvalue weighted by Gasteiger charge is 2.32. The summed E-state index contributed by atoms with van der Waals surface area (Å²) in [6.45, 7) is 4.65. The Morgan fingerprint density at radius 1 is 1.30 bits per heavy atom. The third kappa shape index (κ3) is 3.19. The minimum Gasteiger partial charge on any atom is -0.368 e. The van der Waals surface area contributed by atoms with Crippen molar-refractivity contribution in [3.05, 3.63) is 26.6 Å². The number of aromatic amines is 1. The first-order chi connectivity index (χ1) is 13.2. The van der Waals surface area contributed by atoms with Crippen LogP contribution in [0.15, 0.2) is 4.79 Å². The summed E-state index contributed by atoms with van der Waals surface area (Å²) in [7, 11) is 0. The van der Waals surface area contributed by atoms with Gasteiger partial charge in [-0.05, 0) is 37.7 Å². The van der Waals surface area contributed by atoms with Crippen LogP contribution in [-0.4, -0.2) is 59.7 Å². The van der Waals surface area contributed by atoms with Crippen molar-refractivity contribution in [3.8, 4) is 0 Å². The fraction of sp³-hybridized carbons (Fsp3) is 0.632. The normalized spacial score (nSPS) is 23.3. The Kier molecular flexibility index (Phi) is 4.49. The third-order valence-corrected chi connectivity index (χ3v) is 7.21. The number of hydrogen-bond acceptors (Lipinski definition) is 5. The van der Waals surface area contributed by atoms with E-state index in [-0.39, 0.29) is 17.6 Å². The second kappa shape index (κ2) is 7.00. The van der Waals surface area contributed by atoms with Crippen LogP contribution >= 0.6 is 11.3 Å². The second-order valence-corrected chi connectivity index (χ2v) is 8.89. The number of quaternary nitrogens is 1. The lowest BCUT2D eigenvalue weighted by atomic mass is 10.2. The maximum Gasteiger partial charge on any atom is 0.260 e. The van der Waals surface area contributed by atoms with E-state index in [1.807, 2.05) is 4.90 Å². The summed E-state index contributed by atoms with van der Waals surface area (Å²) < 4.78 is 5.52. The number of carbonyl (C=O) groups excluding carboxylic acids is 1. The first-order valence-corrected chi connectivity index (χ1v) is 10.8. The largest absolute Gasteiger partial charge is 0.368 e. The molecule has 1 amide bonds. The third-order valence-electron chi connectivity index (χ3n) is 6.03. The van der Waals surface area contributed by atoms with Crippen molar-refractivity contribution in [2.75, 3.05) is 32.8 Å². The Labute approximate surface area is 161 Å². The van der Waals surface area contributed by atoms with Crippen molar-refractivity contribution in [1.82, 2.24) is 14.9 Å². The van der Waals surface area contributed by atoms with Gasteiger partial charge >= 0.3 is 0 Å². The molecule has 0 bridgehead atoms. The molecule has 2 N–H and O–H groups in total. The van der Waals surface area contributed by atoms with Crippen LogP contribution in [0.2, 0.25) is 0 Å². The lowest BCUT2D eigenvalue weighted by Gasteiger charge is -2.33. The molecule has 1 atom stereocenters. The number of aryl methyl sites for hydroxylation is 2. The van der Waals surface area contributed by atoms with Gasteiger partial charge in [-0.3, -0.25) is 9.59 Å². The van der Waals surface area contributed by atoms with Gasteiger partial charge in [-0.15, -0.1) is 11.3 Å². The van der Waals surface area contributed by atoms with E-state index in [9.17, 15) is 9.59 Å². The number of fused-ring (bicyclic) bond motifs is 3. The van der Waals surface area contributed by atoms with E-state index in [4.69, 9.17) is 9.72 Å². The molecular formula is C19H25N4O3S+. The molecule has 8 heteroatoms. The molecule has 4 heterocycles. The smallest absolute Gasteiger partial charge is 0.260 e. The standard InChI is InChI=1S/C19H24N4O3S/c24-17-16-12-3-1-5-14(12)27-18(16)21-15(20-17)11-22-6-8-23(9-7-22)19(25)13-4-2-10-26-13/h13H,1-11H2,(H,20,21,24)/p+1/t13-/m1/s1. The second-order valence-electron chi connectivity index (χ2n) is 7.80. The summed E-state index contributed by atoms with van der Waals surface area (Å²) in [6, 6.07) is 0. The Balaban J connectivity index is 1.25. The highest BCUT2D eigenvalue weighted by atomic mass is 32.1. The molecule has 0 spiro atoms. The van der Waals surface area contributed by atoms with Crippen LogP contribution in [0.25, 0.3) is 10.2 Å². The van der Waals surface area contributed by atoms with E-state index in [1.54, 1.807) is 11.3 Å². The van der Waals surface area contributed by atoms with Crippen LogP contribution < -0.4 is 10.5 Å². The van der Waals surface area contributed by atoms with Crippen molar-refractivity contribution >= 4 is 27.5 Å². The molecule has 1 aliphatic carbocycles. The van der Waals surface area contributed by atoms with E-state index < -0.39 is 0 Å². The van der Waals surface area contributed by atoms with Gasteiger partial charge in [-0.2, -0.15) is 0 Å². The van der Waals surface area contributed by atoms with Crippen LogP contribution in [0.5, 0.6) is 0 Å². The van der Waals surface area contributed by atoms with Crippen molar-refractivity contribution in [2.24, 2.45) is 0 Å². The van der Waals surface area contributed by atoms with Gasteiger partial charge in [0.15, 0.2) is 5.82 Å². The Morgan fingerprint density at radius 3 is 2.93 bits per heavy atom. The van der Waals surface area contributed by atoms with Gasteiger partial charge in [0.1, 0.15) is 17.5 Å². The minimum absolute atomic E-state index is 0.0148. The molecule has 0 saturated carbocycles. The lowest BCUT2D eigenvalue weighted by molar-refractivity contribution is -0.918. The molecule has 144 valence electrons. The van der Waals surface area contributed by atoms with E-state index in [1.165, 1.54) is 15.3 Å². The van der Waals surface area contributed by atoms with Crippen molar-refractivity contribution < 1.29 is 14.4 Å². The number of ether oxygens (including phenoxy) is 1. The Bertz CT molecular complexity index is 923. The number of nitrogens with zero attached hydrogens (tertiary/aromatic N) is 2. The average molecular weight is 390 g/mol. The van der Waals surface area contributed by atoms with Gasteiger partial charge in [0.2, 0.25) is 0 Å². The molecule has 0 radical (unpaired) electrons. The number of carbonyl (C=O) groups is 1. The van der Waals surface area contributed by atoms with E-state index in [0.717, 1.165) is 74.3 Å². The van der Waals surface area contributed by atoms with Gasteiger partial charge in [0, 0.05) is 11.5 Å². The summed E-state index contributed by atoms with van der Waals surface area (Å²) in [4.78, 5) is 38.3. The first kappa shape index (κ1) is 17.3. The number of aromatic nitrogens is 2. The molecule has 3 aliphatic rings. The number of hydrogen-bond donors (Lipinski definition) is 2. The quantitative estimate of drug-likeness (QED) is 0.767. The summed E-state index contributed by atoms with van der Waals surface area (Å²) in [6.07, 6.45) is 4.84. The Morgan fingerprint density at radius 2 is 2.15 bits per heavy atom. The first-order valence-electron chi connectivity index (χ1n) is 9.96. The molecule has 0 aromatic carbocycles. The van der Waals surface area contributed by atoms with Crippen molar-refractivity contribution in [3.63, 3.8) is 0 Å². The molecule has 2 aliphatic heterocycles. The summed E-state index contributed by atoms with van der Waals surface area (Å²) in [5.74, 6) is 0.911. The Hall–Kier alpha value is -1.77. The van der Waals surface area contributed by atoms with Crippen LogP contribution in [-0.2, 0) is 28.9 Å². The molecule has 2 aromatic heterocycles. The van der Waals surface area contributed by atoms with Crippen molar-refractivity contribution in [1.29, 1.82) is 0 Å². The number of piperazine rings is 1. The highest BCUT2D eigenvalue weighted by molar-refractivity contribution is 7.18. The molecule has 2 saturated heterocycles. The zero-order chi connectivity index (χ0) is 18.4. The molecule has 2 fully saturated rings. The monoisotopic (exact) mass is 389 g/mol. The van der Waals surface area contributed by atoms with Gasteiger partial charge < -0.3 is 19.5 Å². The summed E-state index contributed by atoms with van der Waals surface area (Å²) in [5.41, 5.74) is 1.24. The zero-order valence-electron chi connectivity index (χ0n) is 15.4. The number of nitrogens with one attached hydrogen (secondary N) is 2. The van der Waals surface area contributed by atoms with E-state index >= 15 is 0 Å². The number of rotatable bonds is 3. The number of H-pyrrole nitrogens is 1. The maximum absolute atomic E-state index is 12.6. The fourth-order valence-corrected chi connectivity index (χ4v) is 5.84. The summed E-state index contributed by atoms with van der Waals surface area (Å²) >= 11 is 1.69. The molecule has 27 heavy (non-hydrogen) atoms. The minimum atomic E-state index is -0.229.